The van der Waals surface area contributed by atoms with Gasteiger partial charge in [0.1, 0.15) is 18.3 Å². The van der Waals surface area contributed by atoms with Gasteiger partial charge in [0.2, 0.25) is 0 Å². The van der Waals surface area contributed by atoms with Gasteiger partial charge in [0, 0.05) is 30.6 Å². The highest BCUT2D eigenvalue weighted by atomic mass is 16.6. The van der Waals surface area contributed by atoms with Gasteiger partial charge in [0.25, 0.3) is 0 Å². The van der Waals surface area contributed by atoms with Crippen LogP contribution in [0.15, 0.2) is 47.6 Å². The van der Waals surface area contributed by atoms with Crippen molar-refractivity contribution in [2.45, 2.75) is 89.5 Å². The Labute approximate surface area is 223 Å². The maximum atomic E-state index is 12.8. The van der Waals surface area contributed by atoms with Gasteiger partial charge in [0.05, 0.1) is 36.4 Å². The highest BCUT2D eigenvalue weighted by Gasteiger charge is 2.83. The van der Waals surface area contributed by atoms with E-state index in [0.29, 0.717) is 25.9 Å². The summed E-state index contributed by atoms with van der Waals surface area (Å²) in [6.07, 6.45) is 8.43. The zero-order valence-corrected chi connectivity index (χ0v) is 22.6. The third-order valence-electron chi connectivity index (χ3n) is 8.96. The molecular weight excluding hydrogens is 492 g/mol. The number of allylic oxidation sites excluding steroid dienone is 3. The van der Waals surface area contributed by atoms with E-state index in [1.807, 2.05) is 0 Å². The molecular formula is C29H40O9. The normalized spacial score (nSPS) is 37.7. The molecule has 3 N–H and O–H groups in total. The van der Waals surface area contributed by atoms with E-state index in [1.165, 1.54) is 42.9 Å². The van der Waals surface area contributed by atoms with E-state index >= 15 is 0 Å². The van der Waals surface area contributed by atoms with Crippen LogP contribution < -0.4 is 0 Å². The number of esters is 2. The van der Waals surface area contributed by atoms with E-state index in [4.69, 9.17) is 24.1 Å². The van der Waals surface area contributed by atoms with Crippen LogP contribution in [-0.2, 0) is 28.5 Å². The molecule has 0 unspecified atom stereocenters. The highest BCUT2D eigenvalue weighted by Crippen LogP contribution is 2.72. The summed E-state index contributed by atoms with van der Waals surface area (Å²) in [6, 6.07) is 0. The lowest BCUT2D eigenvalue weighted by atomic mass is 9.51. The predicted molar refractivity (Wildman–Crippen MR) is 138 cm³/mol. The molecule has 2 aliphatic heterocycles. The summed E-state index contributed by atoms with van der Waals surface area (Å²) in [5.41, 5.74) is -0.0208. The number of rotatable bonds is 10. The highest BCUT2D eigenvalue weighted by molar-refractivity contribution is 5.83. The second kappa shape index (κ2) is 11.1. The molecule has 0 aromatic carbocycles. The van der Waals surface area contributed by atoms with E-state index < -0.39 is 46.7 Å². The minimum atomic E-state index is -1.03. The average molecular weight is 533 g/mol. The standard InChI is InChI=1S/C29H40O9/c1-18-9-11-28(16-35-26(34)14-19(2)10-12-30)23(13-18)37-24-15-22(27(28,4)29(24)17-36-29)38-25(33)8-6-5-7-21(32)20(3)31/h5-8,13-14,20-24,30-32H,9-12,15-17H2,1-4H3/b7-5+,8-6-,19-14+/t20-,21+,22-,23-,24-,27-,28-,29+/m1/s1. The minimum absolute atomic E-state index is 0.0444. The lowest BCUT2D eigenvalue weighted by Crippen LogP contribution is -2.66. The van der Waals surface area contributed by atoms with Crippen molar-refractivity contribution in [2.75, 3.05) is 19.8 Å². The van der Waals surface area contributed by atoms with Crippen LogP contribution in [0.25, 0.3) is 0 Å². The van der Waals surface area contributed by atoms with Crippen LogP contribution in [0.1, 0.15) is 53.4 Å². The number of aliphatic hydroxyl groups excluding tert-OH is 3. The number of hydrogen-bond donors (Lipinski definition) is 3. The smallest absolute Gasteiger partial charge is 0.331 e. The van der Waals surface area contributed by atoms with Crippen LogP contribution >= 0.6 is 0 Å². The van der Waals surface area contributed by atoms with E-state index in [9.17, 15) is 19.8 Å². The molecule has 0 aromatic rings. The molecule has 2 aliphatic carbocycles. The molecule has 8 atom stereocenters. The molecule has 4 rings (SSSR count). The first-order chi connectivity index (χ1) is 18.0. The molecule has 3 fully saturated rings. The van der Waals surface area contributed by atoms with Gasteiger partial charge in [-0.25, -0.2) is 9.59 Å². The number of carbonyl (C=O) groups excluding carboxylic acids is 2. The Kier molecular flexibility index (Phi) is 8.35. The molecule has 9 heteroatoms. The van der Waals surface area contributed by atoms with Crippen LogP contribution in [0.2, 0.25) is 0 Å². The number of aliphatic hydroxyl groups is 3. The van der Waals surface area contributed by atoms with E-state index in [-0.39, 0.29) is 25.4 Å². The Morgan fingerprint density at radius 1 is 1.26 bits per heavy atom. The van der Waals surface area contributed by atoms with Gasteiger partial charge in [-0.05, 0) is 40.0 Å². The number of carbonyl (C=O) groups is 2. The molecule has 38 heavy (non-hydrogen) atoms. The minimum Gasteiger partial charge on any atom is -0.462 e. The van der Waals surface area contributed by atoms with Gasteiger partial charge >= 0.3 is 11.9 Å². The van der Waals surface area contributed by atoms with Gasteiger partial charge in [-0.15, -0.1) is 0 Å². The number of ether oxygens (including phenoxy) is 4. The Hall–Kier alpha value is -2.30. The fourth-order valence-electron chi connectivity index (χ4n) is 6.48. The van der Waals surface area contributed by atoms with Gasteiger partial charge in [-0.3, -0.25) is 0 Å². The molecule has 1 spiro atoms. The van der Waals surface area contributed by atoms with Gasteiger partial charge in [-0.2, -0.15) is 0 Å². The summed E-state index contributed by atoms with van der Waals surface area (Å²) in [4.78, 5) is 25.5. The lowest BCUT2D eigenvalue weighted by molar-refractivity contribution is -0.232. The summed E-state index contributed by atoms with van der Waals surface area (Å²) in [5, 5.41) is 28.2. The van der Waals surface area contributed by atoms with Crippen LogP contribution in [0.3, 0.4) is 0 Å². The van der Waals surface area contributed by atoms with E-state index in [1.54, 1.807) is 6.92 Å². The Balaban J connectivity index is 1.58. The lowest BCUT2D eigenvalue weighted by Gasteiger charge is -2.58. The summed E-state index contributed by atoms with van der Waals surface area (Å²) in [5.74, 6) is -1.02. The Bertz CT molecular complexity index is 1040. The molecule has 9 nitrogen and oxygen atoms in total. The monoisotopic (exact) mass is 532 g/mol. The van der Waals surface area contributed by atoms with Crippen LogP contribution in [-0.4, -0.2) is 83.2 Å². The molecule has 4 aliphatic rings. The third kappa shape index (κ3) is 5.02. The number of epoxide rings is 1. The van der Waals surface area contributed by atoms with Crippen molar-refractivity contribution in [3.63, 3.8) is 0 Å². The summed E-state index contributed by atoms with van der Waals surface area (Å²) >= 11 is 0. The SMILES string of the molecule is CC1=C[C@H]2O[C@@H]3C[C@@H](OC(=O)/C=C\C=C\[C@H](O)[C@@H](C)O)[C@](C)([C@@]2(COC(=O)/C=C(\C)CCO)CC1)[C@]31CO1. The third-order valence-corrected chi connectivity index (χ3v) is 8.96. The topological polar surface area (TPSA) is 135 Å². The summed E-state index contributed by atoms with van der Waals surface area (Å²) < 4.78 is 24.6. The van der Waals surface area contributed by atoms with E-state index in [0.717, 1.165) is 12.0 Å². The summed E-state index contributed by atoms with van der Waals surface area (Å²) in [6.45, 7) is 7.90. The predicted octanol–water partition coefficient (Wildman–Crippen LogP) is 2.30. The largest absolute Gasteiger partial charge is 0.462 e. The van der Waals surface area contributed by atoms with Crippen molar-refractivity contribution in [3.8, 4) is 0 Å². The van der Waals surface area contributed by atoms with Crippen molar-refractivity contribution in [1.29, 1.82) is 0 Å². The quantitative estimate of drug-likeness (QED) is 0.127. The fourth-order valence-corrected chi connectivity index (χ4v) is 6.48. The van der Waals surface area contributed by atoms with Crippen molar-refractivity contribution >= 4 is 11.9 Å². The van der Waals surface area contributed by atoms with Crippen molar-refractivity contribution in [3.05, 3.63) is 47.6 Å². The number of hydrogen-bond acceptors (Lipinski definition) is 9. The first-order valence-corrected chi connectivity index (χ1v) is 13.3. The average Bonchev–Trinajstić information content (AvgIpc) is 3.63. The molecule has 1 saturated carbocycles. The summed E-state index contributed by atoms with van der Waals surface area (Å²) in [7, 11) is 0. The van der Waals surface area contributed by atoms with Gasteiger partial charge in [0.15, 0.2) is 0 Å². The van der Waals surface area contributed by atoms with Crippen molar-refractivity contribution < 1.29 is 43.9 Å². The Morgan fingerprint density at radius 2 is 2.00 bits per heavy atom. The van der Waals surface area contributed by atoms with Gasteiger partial charge < -0.3 is 34.3 Å². The van der Waals surface area contributed by atoms with Crippen LogP contribution in [0.5, 0.6) is 0 Å². The molecule has 2 bridgehead atoms. The first kappa shape index (κ1) is 28.7. The molecule has 0 radical (unpaired) electrons. The van der Waals surface area contributed by atoms with E-state index in [2.05, 4.69) is 19.9 Å². The fraction of sp³-hybridized carbons (Fsp3) is 0.655. The zero-order chi connectivity index (χ0) is 27.7. The first-order valence-electron chi connectivity index (χ1n) is 13.3. The zero-order valence-electron chi connectivity index (χ0n) is 22.6. The second-order valence-corrected chi connectivity index (χ2v) is 11.3. The van der Waals surface area contributed by atoms with Crippen LogP contribution in [0.4, 0.5) is 0 Å². The van der Waals surface area contributed by atoms with Crippen molar-refractivity contribution in [1.82, 2.24) is 0 Å². The number of fused-ring (bicyclic) bond motifs is 2. The van der Waals surface area contributed by atoms with Crippen LogP contribution in [0, 0.1) is 10.8 Å². The molecule has 0 aromatic heterocycles. The maximum absolute atomic E-state index is 12.8. The maximum Gasteiger partial charge on any atom is 0.331 e. The molecule has 2 saturated heterocycles. The van der Waals surface area contributed by atoms with Gasteiger partial charge in [-0.1, -0.05) is 42.4 Å². The van der Waals surface area contributed by atoms with Crippen molar-refractivity contribution in [2.24, 2.45) is 10.8 Å². The molecule has 2 heterocycles. The molecule has 210 valence electrons. The molecule has 0 amide bonds. The second-order valence-electron chi connectivity index (χ2n) is 11.3. The Morgan fingerprint density at radius 3 is 2.66 bits per heavy atom.